The summed E-state index contributed by atoms with van der Waals surface area (Å²) in [5.41, 5.74) is 12.9. The van der Waals surface area contributed by atoms with Gasteiger partial charge in [-0.1, -0.05) is 37.3 Å². The number of pyridine rings is 1. The van der Waals surface area contributed by atoms with Gasteiger partial charge in [-0.15, -0.1) is 0 Å². The molecule has 0 amide bonds. The summed E-state index contributed by atoms with van der Waals surface area (Å²) < 4.78 is 5.46. The van der Waals surface area contributed by atoms with Crippen LogP contribution in [0.3, 0.4) is 0 Å². The first-order valence-electron chi connectivity index (χ1n) is 10.1. The van der Waals surface area contributed by atoms with Crippen molar-refractivity contribution in [3.8, 4) is 28.0 Å². The van der Waals surface area contributed by atoms with Gasteiger partial charge in [0.05, 0.1) is 13.2 Å². The summed E-state index contributed by atoms with van der Waals surface area (Å²) in [7, 11) is 0. The fourth-order valence-electron chi connectivity index (χ4n) is 3.99. The van der Waals surface area contributed by atoms with Crippen molar-refractivity contribution in [1.29, 1.82) is 0 Å². The molecular formula is C24H27N3O2. The molecule has 29 heavy (non-hydrogen) atoms. The molecule has 5 nitrogen and oxygen atoms in total. The van der Waals surface area contributed by atoms with E-state index in [0.29, 0.717) is 5.82 Å². The number of rotatable bonds is 5. The summed E-state index contributed by atoms with van der Waals surface area (Å²) in [5, 5.41) is 9.64. The molecule has 1 aromatic heterocycles. The Morgan fingerprint density at radius 2 is 1.83 bits per heavy atom. The van der Waals surface area contributed by atoms with E-state index in [1.807, 2.05) is 18.3 Å². The van der Waals surface area contributed by atoms with E-state index in [1.165, 1.54) is 11.1 Å². The predicted molar refractivity (Wildman–Crippen MR) is 117 cm³/mol. The van der Waals surface area contributed by atoms with Crippen molar-refractivity contribution in [2.75, 3.05) is 32.0 Å². The van der Waals surface area contributed by atoms with Gasteiger partial charge in [0.2, 0.25) is 0 Å². The van der Waals surface area contributed by atoms with E-state index < -0.39 is 0 Å². The fourth-order valence-corrected chi connectivity index (χ4v) is 3.99. The third-order valence-electron chi connectivity index (χ3n) is 5.47. The molecule has 4 rings (SSSR count). The van der Waals surface area contributed by atoms with Crippen LogP contribution in [0, 0.1) is 0 Å². The second-order valence-electron chi connectivity index (χ2n) is 7.40. The van der Waals surface area contributed by atoms with Gasteiger partial charge in [0.15, 0.2) is 0 Å². The fraction of sp³-hybridized carbons (Fsp3) is 0.292. The Morgan fingerprint density at radius 1 is 1.07 bits per heavy atom. The molecule has 5 heteroatoms. The Bertz CT molecular complexity index is 980. The van der Waals surface area contributed by atoms with Crippen LogP contribution in [0.15, 0.2) is 54.7 Å². The number of morpholine rings is 1. The number of aromatic nitrogens is 1. The van der Waals surface area contributed by atoms with Gasteiger partial charge in [0.1, 0.15) is 11.6 Å². The van der Waals surface area contributed by atoms with Gasteiger partial charge in [-0.05, 0) is 46.9 Å². The van der Waals surface area contributed by atoms with Gasteiger partial charge >= 0.3 is 0 Å². The van der Waals surface area contributed by atoms with E-state index in [2.05, 4.69) is 41.1 Å². The second-order valence-corrected chi connectivity index (χ2v) is 7.40. The third-order valence-corrected chi connectivity index (χ3v) is 5.47. The molecule has 0 radical (unpaired) electrons. The number of anilines is 1. The summed E-state index contributed by atoms with van der Waals surface area (Å²) in [6.45, 7) is 6.61. The van der Waals surface area contributed by atoms with Crippen LogP contribution in [-0.4, -0.2) is 41.3 Å². The standard InChI is InChI=1S/C24H27N3O2/c1-2-21-22(15-26-24(25)23(21)18-6-8-20(28)9-7-18)19-5-3-4-17(14-19)16-27-10-12-29-13-11-27/h3-9,14-15,28H,2,10-13,16H2,1H3,(H2,25,26). The van der Waals surface area contributed by atoms with Gasteiger partial charge in [0, 0.05) is 37.0 Å². The number of hydrogen-bond acceptors (Lipinski definition) is 5. The van der Waals surface area contributed by atoms with Crippen molar-refractivity contribution in [3.05, 3.63) is 65.9 Å². The number of hydrogen-bond donors (Lipinski definition) is 2. The van der Waals surface area contributed by atoms with Crippen molar-refractivity contribution in [2.24, 2.45) is 0 Å². The van der Waals surface area contributed by atoms with Crippen molar-refractivity contribution in [2.45, 2.75) is 19.9 Å². The lowest BCUT2D eigenvalue weighted by Gasteiger charge is -2.26. The number of ether oxygens (including phenoxy) is 1. The lowest BCUT2D eigenvalue weighted by atomic mass is 9.91. The summed E-state index contributed by atoms with van der Waals surface area (Å²) in [4.78, 5) is 6.92. The zero-order valence-electron chi connectivity index (χ0n) is 16.8. The quantitative estimate of drug-likeness (QED) is 0.687. The molecule has 1 saturated heterocycles. The third kappa shape index (κ3) is 4.26. The van der Waals surface area contributed by atoms with Crippen LogP contribution >= 0.6 is 0 Å². The lowest BCUT2D eigenvalue weighted by Crippen LogP contribution is -2.35. The SMILES string of the molecule is CCc1c(-c2cccc(CN3CCOCC3)c2)cnc(N)c1-c1ccc(O)cc1. The van der Waals surface area contributed by atoms with Crippen LogP contribution < -0.4 is 5.73 Å². The summed E-state index contributed by atoms with van der Waals surface area (Å²) in [6, 6.07) is 15.8. The molecule has 1 fully saturated rings. The molecular weight excluding hydrogens is 362 g/mol. The van der Waals surface area contributed by atoms with Crippen LogP contribution in [0.1, 0.15) is 18.1 Å². The van der Waals surface area contributed by atoms with Gasteiger partial charge in [-0.25, -0.2) is 4.98 Å². The molecule has 0 aliphatic carbocycles. The lowest BCUT2D eigenvalue weighted by molar-refractivity contribution is 0.0342. The molecule has 0 unspecified atom stereocenters. The Kier molecular flexibility index (Phi) is 5.79. The van der Waals surface area contributed by atoms with Crippen molar-refractivity contribution >= 4 is 5.82 Å². The number of benzene rings is 2. The molecule has 0 bridgehead atoms. The van der Waals surface area contributed by atoms with E-state index in [1.54, 1.807) is 12.1 Å². The summed E-state index contributed by atoms with van der Waals surface area (Å²) in [6.07, 6.45) is 2.72. The van der Waals surface area contributed by atoms with Gasteiger partial charge in [-0.3, -0.25) is 4.90 Å². The summed E-state index contributed by atoms with van der Waals surface area (Å²) in [5.74, 6) is 0.756. The zero-order chi connectivity index (χ0) is 20.2. The number of aromatic hydroxyl groups is 1. The van der Waals surface area contributed by atoms with Crippen LogP contribution in [0.2, 0.25) is 0 Å². The Hall–Kier alpha value is -2.89. The average molecular weight is 389 g/mol. The maximum Gasteiger partial charge on any atom is 0.131 e. The van der Waals surface area contributed by atoms with E-state index >= 15 is 0 Å². The Labute approximate surface area is 171 Å². The average Bonchev–Trinajstić information content (AvgIpc) is 2.75. The molecule has 2 heterocycles. The normalized spacial score (nSPS) is 14.8. The van der Waals surface area contributed by atoms with Crippen molar-refractivity contribution < 1.29 is 9.84 Å². The van der Waals surface area contributed by atoms with Gasteiger partial charge in [-0.2, -0.15) is 0 Å². The minimum absolute atomic E-state index is 0.241. The topological polar surface area (TPSA) is 71.6 Å². The first-order chi connectivity index (χ1) is 14.2. The molecule has 150 valence electrons. The first kappa shape index (κ1) is 19.4. The minimum atomic E-state index is 0.241. The first-order valence-corrected chi connectivity index (χ1v) is 10.1. The number of phenolic OH excluding ortho intramolecular Hbond substituents is 1. The van der Waals surface area contributed by atoms with Crippen molar-refractivity contribution in [1.82, 2.24) is 9.88 Å². The number of nitrogens with zero attached hydrogens (tertiary/aromatic N) is 2. The van der Waals surface area contributed by atoms with E-state index in [-0.39, 0.29) is 5.75 Å². The van der Waals surface area contributed by atoms with Gasteiger partial charge in [0.25, 0.3) is 0 Å². The minimum Gasteiger partial charge on any atom is -0.508 e. The molecule has 0 atom stereocenters. The van der Waals surface area contributed by atoms with Crippen LogP contribution in [0.4, 0.5) is 5.82 Å². The molecule has 1 aliphatic rings. The molecule has 2 aromatic carbocycles. The smallest absolute Gasteiger partial charge is 0.131 e. The second kappa shape index (κ2) is 8.64. The maximum atomic E-state index is 9.64. The maximum absolute atomic E-state index is 9.64. The number of nitrogens with two attached hydrogens (primary N) is 1. The van der Waals surface area contributed by atoms with E-state index in [4.69, 9.17) is 10.5 Å². The van der Waals surface area contributed by atoms with Crippen molar-refractivity contribution in [3.63, 3.8) is 0 Å². The Balaban J connectivity index is 1.72. The van der Waals surface area contributed by atoms with Crippen LogP contribution in [0.25, 0.3) is 22.3 Å². The Morgan fingerprint density at radius 3 is 2.55 bits per heavy atom. The largest absolute Gasteiger partial charge is 0.508 e. The number of nitrogen functional groups attached to an aromatic ring is 1. The molecule has 1 aliphatic heterocycles. The van der Waals surface area contributed by atoms with Crippen LogP contribution in [0.5, 0.6) is 5.75 Å². The summed E-state index contributed by atoms with van der Waals surface area (Å²) >= 11 is 0. The van der Waals surface area contributed by atoms with Gasteiger partial charge < -0.3 is 15.6 Å². The number of phenols is 1. The monoisotopic (exact) mass is 389 g/mol. The molecule has 0 saturated carbocycles. The van der Waals surface area contributed by atoms with E-state index in [0.717, 1.165) is 61.5 Å². The highest BCUT2D eigenvalue weighted by Gasteiger charge is 2.16. The van der Waals surface area contributed by atoms with Crippen LogP contribution in [-0.2, 0) is 17.7 Å². The highest BCUT2D eigenvalue weighted by atomic mass is 16.5. The highest BCUT2D eigenvalue weighted by molar-refractivity contribution is 5.84. The highest BCUT2D eigenvalue weighted by Crippen LogP contribution is 2.36. The van der Waals surface area contributed by atoms with E-state index in [9.17, 15) is 5.11 Å². The molecule has 3 N–H and O–H groups in total. The molecule has 3 aromatic rings. The zero-order valence-corrected chi connectivity index (χ0v) is 16.8. The molecule has 0 spiro atoms. The predicted octanol–water partition coefficient (Wildman–Crippen LogP) is 4.10.